The highest BCUT2D eigenvalue weighted by Crippen LogP contribution is 2.15. The molecule has 0 aliphatic carbocycles. The fourth-order valence-electron chi connectivity index (χ4n) is 2.98. The third kappa shape index (κ3) is 5.96. The molecule has 1 aliphatic rings. The molecule has 1 fully saturated rings. The Hall–Kier alpha value is -1.31. The van der Waals surface area contributed by atoms with Crippen molar-refractivity contribution in [2.75, 3.05) is 26.7 Å². The molecule has 1 unspecified atom stereocenters. The molecule has 0 spiro atoms. The summed E-state index contributed by atoms with van der Waals surface area (Å²) in [7, 11) is 1.83. The summed E-state index contributed by atoms with van der Waals surface area (Å²) in [5.41, 5.74) is 1.78. The molecule has 1 amide bonds. The average Bonchev–Trinajstić information content (AvgIpc) is 2.56. The number of aliphatic imine (C=N–C) groups is 1. The molecule has 1 aromatic carbocycles. The van der Waals surface area contributed by atoms with Crippen molar-refractivity contribution in [3.63, 3.8) is 0 Å². The summed E-state index contributed by atoms with van der Waals surface area (Å²) in [5.74, 6) is 1.63. The van der Waals surface area contributed by atoms with Crippen LogP contribution in [0.2, 0.25) is 0 Å². The van der Waals surface area contributed by atoms with Crippen molar-refractivity contribution < 1.29 is 4.79 Å². The molecule has 0 bridgehead atoms. The molecule has 2 N–H and O–H groups in total. The molecule has 24 heavy (non-hydrogen) atoms. The fourth-order valence-corrected chi connectivity index (χ4v) is 2.98. The Labute approximate surface area is 162 Å². The number of amides is 1. The lowest BCUT2D eigenvalue weighted by Gasteiger charge is -2.33. The average molecular weight is 444 g/mol. The SMILES string of the molecule is CCNC(=O)c1cccc(CNC(=NC)N2CCCC(C)C2)c1.I. The zero-order valence-electron chi connectivity index (χ0n) is 14.8. The number of nitrogens with one attached hydrogen (secondary N) is 2. The Bertz CT molecular complexity index is 562. The molecular formula is C18H29IN4O. The number of rotatable bonds is 4. The van der Waals surface area contributed by atoms with E-state index in [-0.39, 0.29) is 29.9 Å². The first kappa shape index (κ1) is 20.7. The second-order valence-corrected chi connectivity index (χ2v) is 6.15. The second-order valence-electron chi connectivity index (χ2n) is 6.15. The molecule has 5 nitrogen and oxygen atoms in total. The van der Waals surface area contributed by atoms with Crippen LogP contribution in [0.25, 0.3) is 0 Å². The van der Waals surface area contributed by atoms with Crippen LogP contribution in [0.4, 0.5) is 0 Å². The summed E-state index contributed by atoms with van der Waals surface area (Å²) in [6.45, 7) is 7.63. The van der Waals surface area contributed by atoms with Crippen LogP contribution in [0, 0.1) is 5.92 Å². The molecule has 0 radical (unpaired) electrons. The van der Waals surface area contributed by atoms with Crippen molar-refractivity contribution in [1.82, 2.24) is 15.5 Å². The number of halogens is 1. The predicted molar refractivity (Wildman–Crippen MR) is 110 cm³/mol. The molecule has 134 valence electrons. The van der Waals surface area contributed by atoms with Gasteiger partial charge in [-0.1, -0.05) is 19.1 Å². The van der Waals surface area contributed by atoms with E-state index in [4.69, 9.17) is 0 Å². The standard InChI is InChI=1S/C18H28N4O.HI/c1-4-20-17(23)16-9-5-8-15(11-16)12-21-18(19-3)22-10-6-7-14(2)13-22;/h5,8-9,11,14H,4,6-7,10,12-13H2,1-3H3,(H,19,21)(H,20,23);1H. The third-order valence-corrected chi connectivity index (χ3v) is 4.15. The summed E-state index contributed by atoms with van der Waals surface area (Å²) in [6.07, 6.45) is 2.51. The number of nitrogens with zero attached hydrogens (tertiary/aromatic N) is 2. The Morgan fingerprint density at radius 3 is 2.83 bits per heavy atom. The monoisotopic (exact) mass is 444 g/mol. The first-order chi connectivity index (χ1) is 11.1. The first-order valence-electron chi connectivity index (χ1n) is 8.46. The summed E-state index contributed by atoms with van der Waals surface area (Å²) in [4.78, 5) is 18.6. The lowest BCUT2D eigenvalue weighted by atomic mass is 10.0. The van der Waals surface area contributed by atoms with Gasteiger partial charge in [0.2, 0.25) is 0 Å². The zero-order chi connectivity index (χ0) is 16.7. The van der Waals surface area contributed by atoms with Gasteiger partial charge in [0.1, 0.15) is 0 Å². The van der Waals surface area contributed by atoms with E-state index in [0.29, 0.717) is 24.6 Å². The van der Waals surface area contributed by atoms with E-state index >= 15 is 0 Å². The Morgan fingerprint density at radius 2 is 2.17 bits per heavy atom. The quantitative estimate of drug-likeness (QED) is 0.427. The number of guanidine groups is 1. The number of piperidine rings is 1. The minimum Gasteiger partial charge on any atom is -0.352 e. The topological polar surface area (TPSA) is 56.7 Å². The maximum Gasteiger partial charge on any atom is 0.251 e. The Morgan fingerprint density at radius 1 is 1.38 bits per heavy atom. The molecule has 0 aromatic heterocycles. The van der Waals surface area contributed by atoms with Gasteiger partial charge in [0.05, 0.1) is 0 Å². The van der Waals surface area contributed by atoms with E-state index in [9.17, 15) is 4.79 Å². The van der Waals surface area contributed by atoms with Gasteiger partial charge < -0.3 is 15.5 Å². The number of carbonyl (C=O) groups excluding carboxylic acids is 1. The lowest BCUT2D eigenvalue weighted by molar-refractivity contribution is 0.0955. The zero-order valence-corrected chi connectivity index (χ0v) is 17.2. The number of hydrogen-bond donors (Lipinski definition) is 2. The maximum atomic E-state index is 11.9. The summed E-state index contributed by atoms with van der Waals surface area (Å²) >= 11 is 0. The van der Waals surface area contributed by atoms with E-state index in [1.54, 1.807) is 0 Å². The van der Waals surface area contributed by atoms with Gasteiger partial charge in [-0.3, -0.25) is 9.79 Å². The highest BCUT2D eigenvalue weighted by molar-refractivity contribution is 14.0. The van der Waals surface area contributed by atoms with Crippen LogP contribution in [0.5, 0.6) is 0 Å². The van der Waals surface area contributed by atoms with Crippen LogP contribution < -0.4 is 10.6 Å². The second kappa shape index (κ2) is 10.5. The van der Waals surface area contributed by atoms with Crippen LogP contribution in [0.15, 0.2) is 29.3 Å². The first-order valence-corrected chi connectivity index (χ1v) is 8.46. The van der Waals surface area contributed by atoms with Crippen molar-refractivity contribution in [2.45, 2.75) is 33.2 Å². The number of carbonyl (C=O) groups is 1. The summed E-state index contributed by atoms with van der Waals surface area (Å²) in [5, 5.41) is 6.25. The molecule has 1 aliphatic heterocycles. The van der Waals surface area contributed by atoms with E-state index in [0.717, 1.165) is 24.6 Å². The maximum absolute atomic E-state index is 11.9. The van der Waals surface area contributed by atoms with Crippen molar-refractivity contribution in [1.29, 1.82) is 0 Å². The van der Waals surface area contributed by atoms with Gasteiger partial charge in [0.15, 0.2) is 5.96 Å². The predicted octanol–water partition coefficient (Wildman–Crippen LogP) is 2.86. The Kier molecular flexibility index (Phi) is 9.10. The van der Waals surface area contributed by atoms with E-state index in [1.807, 2.05) is 38.2 Å². The van der Waals surface area contributed by atoms with Gasteiger partial charge in [-0.05, 0) is 43.4 Å². The number of benzene rings is 1. The van der Waals surface area contributed by atoms with E-state index in [1.165, 1.54) is 12.8 Å². The highest BCUT2D eigenvalue weighted by Gasteiger charge is 2.19. The van der Waals surface area contributed by atoms with Crippen LogP contribution >= 0.6 is 24.0 Å². The highest BCUT2D eigenvalue weighted by atomic mass is 127. The minimum atomic E-state index is -0.0245. The fraction of sp³-hybridized carbons (Fsp3) is 0.556. The van der Waals surface area contributed by atoms with Crippen molar-refractivity contribution in [2.24, 2.45) is 10.9 Å². The van der Waals surface area contributed by atoms with E-state index < -0.39 is 0 Å². The van der Waals surface area contributed by atoms with Gasteiger partial charge in [0.25, 0.3) is 5.91 Å². The number of hydrogen-bond acceptors (Lipinski definition) is 2. The van der Waals surface area contributed by atoms with Crippen LogP contribution in [-0.2, 0) is 6.54 Å². The third-order valence-electron chi connectivity index (χ3n) is 4.15. The molecule has 1 saturated heterocycles. The normalized spacial score (nSPS) is 17.9. The molecule has 1 aromatic rings. The molecule has 1 atom stereocenters. The van der Waals surface area contributed by atoms with Gasteiger partial charge in [-0.25, -0.2) is 0 Å². The van der Waals surface area contributed by atoms with Crippen molar-refractivity contribution in [3.05, 3.63) is 35.4 Å². The Balaban J connectivity index is 0.00000288. The van der Waals surface area contributed by atoms with Gasteiger partial charge in [-0.15, -0.1) is 24.0 Å². The summed E-state index contributed by atoms with van der Waals surface area (Å²) < 4.78 is 0. The largest absolute Gasteiger partial charge is 0.352 e. The molecule has 6 heteroatoms. The van der Waals surface area contributed by atoms with Crippen molar-refractivity contribution >= 4 is 35.8 Å². The minimum absolute atomic E-state index is 0. The van der Waals surface area contributed by atoms with Crippen LogP contribution in [0.1, 0.15) is 42.6 Å². The number of likely N-dealkylation sites (tertiary alicyclic amines) is 1. The summed E-state index contributed by atoms with van der Waals surface area (Å²) in [6, 6.07) is 7.73. The van der Waals surface area contributed by atoms with Gasteiger partial charge in [0, 0.05) is 38.8 Å². The smallest absolute Gasteiger partial charge is 0.251 e. The molecule has 0 saturated carbocycles. The van der Waals surface area contributed by atoms with Gasteiger partial charge >= 0.3 is 0 Å². The van der Waals surface area contributed by atoms with Crippen molar-refractivity contribution in [3.8, 4) is 0 Å². The molecule has 2 rings (SSSR count). The molecular weight excluding hydrogens is 415 g/mol. The molecule has 1 heterocycles. The van der Waals surface area contributed by atoms with Crippen LogP contribution in [-0.4, -0.2) is 43.4 Å². The van der Waals surface area contributed by atoms with Crippen LogP contribution in [0.3, 0.4) is 0 Å². The van der Waals surface area contributed by atoms with Gasteiger partial charge in [-0.2, -0.15) is 0 Å². The van der Waals surface area contributed by atoms with E-state index in [2.05, 4.69) is 27.4 Å². The lowest BCUT2D eigenvalue weighted by Crippen LogP contribution is -2.45.